The van der Waals surface area contributed by atoms with Crippen LogP contribution < -0.4 is 0 Å². The van der Waals surface area contributed by atoms with Crippen LogP contribution in [0.25, 0.3) is 0 Å². The van der Waals surface area contributed by atoms with Gasteiger partial charge in [-0.25, -0.2) is 0 Å². The molecular formula is C13H31N3. The van der Waals surface area contributed by atoms with Crippen LogP contribution in [0.4, 0.5) is 0 Å². The molecule has 0 aliphatic rings. The minimum Gasteiger partial charge on any atom is -0.309 e. The van der Waals surface area contributed by atoms with Gasteiger partial charge in [0.15, 0.2) is 0 Å². The van der Waals surface area contributed by atoms with E-state index in [1.54, 1.807) is 0 Å². The van der Waals surface area contributed by atoms with Gasteiger partial charge in [-0.3, -0.25) is 0 Å². The van der Waals surface area contributed by atoms with Gasteiger partial charge < -0.3 is 14.7 Å². The standard InChI is InChI=1S/C13H31N3/c1-6-9-16(12-7-10-14(2)3)13-8-11-15(4)5/h6-13H2,1-5H3. The highest BCUT2D eigenvalue weighted by atomic mass is 15.1. The molecule has 98 valence electrons. The topological polar surface area (TPSA) is 9.72 Å². The van der Waals surface area contributed by atoms with Crippen molar-refractivity contribution in [2.45, 2.75) is 26.2 Å². The van der Waals surface area contributed by atoms with Crippen molar-refractivity contribution in [2.24, 2.45) is 0 Å². The average molecular weight is 229 g/mol. The molecular weight excluding hydrogens is 198 g/mol. The second kappa shape index (κ2) is 10.1. The molecule has 0 N–H and O–H groups in total. The van der Waals surface area contributed by atoms with E-state index in [9.17, 15) is 0 Å². The van der Waals surface area contributed by atoms with Crippen LogP contribution in [-0.4, -0.2) is 75.6 Å². The van der Waals surface area contributed by atoms with E-state index < -0.39 is 0 Å². The molecule has 16 heavy (non-hydrogen) atoms. The molecule has 0 heterocycles. The van der Waals surface area contributed by atoms with Crippen molar-refractivity contribution in [1.82, 2.24) is 14.7 Å². The number of rotatable bonds is 10. The van der Waals surface area contributed by atoms with Crippen molar-refractivity contribution in [1.29, 1.82) is 0 Å². The highest BCUT2D eigenvalue weighted by molar-refractivity contribution is 4.59. The zero-order valence-electron chi connectivity index (χ0n) is 12.0. The fourth-order valence-electron chi connectivity index (χ4n) is 1.87. The van der Waals surface area contributed by atoms with Crippen LogP contribution in [0.1, 0.15) is 26.2 Å². The van der Waals surface area contributed by atoms with Gasteiger partial charge in [-0.15, -0.1) is 0 Å². The van der Waals surface area contributed by atoms with E-state index in [1.165, 1.54) is 52.0 Å². The fourth-order valence-corrected chi connectivity index (χ4v) is 1.87. The zero-order valence-corrected chi connectivity index (χ0v) is 12.0. The van der Waals surface area contributed by atoms with E-state index in [-0.39, 0.29) is 0 Å². The van der Waals surface area contributed by atoms with Gasteiger partial charge in [0.25, 0.3) is 0 Å². The quantitative estimate of drug-likeness (QED) is 0.563. The van der Waals surface area contributed by atoms with Crippen molar-refractivity contribution in [3.63, 3.8) is 0 Å². The summed E-state index contributed by atoms with van der Waals surface area (Å²) >= 11 is 0. The number of hydrogen-bond donors (Lipinski definition) is 0. The van der Waals surface area contributed by atoms with Gasteiger partial charge in [0.2, 0.25) is 0 Å². The lowest BCUT2D eigenvalue weighted by molar-refractivity contribution is 0.241. The molecule has 0 aromatic heterocycles. The summed E-state index contributed by atoms with van der Waals surface area (Å²) in [4.78, 5) is 7.14. The first-order valence-electron chi connectivity index (χ1n) is 6.58. The molecule has 0 amide bonds. The average Bonchev–Trinajstić information content (AvgIpc) is 2.16. The lowest BCUT2D eigenvalue weighted by Gasteiger charge is -2.23. The number of nitrogens with zero attached hydrogens (tertiary/aromatic N) is 3. The summed E-state index contributed by atoms with van der Waals surface area (Å²) in [6, 6.07) is 0. The number of hydrogen-bond acceptors (Lipinski definition) is 3. The molecule has 0 aromatic rings. The molecule has 0 atom stereocenters. The summed E-state index contributed by atoms with van der Waals surface area (Å²) in [6.45, 7) is 8.42. The summed E-state index contributed by atoms with van der Waals surface area (Å²) in [7, 11) is 8.60. The largest absolute Gasteiger partial charge is 0.309 e. The molecule has 0 radical (unpaired) electrons. The van der Waals surface area contributed by atoms with Crippen LogP contribution in [0.2, 0.25) is 0 Å². The van der Waals surface area contributed by atoms with Crippen LogP contribution in [0.3, 0.4) is 0 Å². The van der Waals surface area contributed by atoms with E-state index in [0.717, 1.165) is 0 Å². The second-order valence-corrected chi connectivity index (χ2v) is 5.16. The van der Waals surface area contributed by atoms with E-state index in [0.29, 0.717) is 0 Å². The van der Waals surface area contributed by atoms with Crippen LogP contribution in [-0.2, 0) is 0 Å². The van der Waals surface area contributed by atoms with Gasteiger partial charge in [0, 0.05) is 0 Å². The normalized spacial score (nSPS) is 12.0. The maximum absolute atomic E-state index is 2.60. The molecule has 0 unspecified atom stereocenters. The molecule has 0 aliphatic carbocycles. The van der Waals surface area contributed by atoms with Gasteiger partial charge >= 0.3 is 0 Å². The summed E-state index contributed by atoms with van der Waals surface area (Å²) in [6.07, 6.45) is 3.84. The smallest absolute Gasteiger partial charge is 0.000654 e. The predicted octanol–water partition coefficient (Wildman–Crippen LogP) is 1.60. The Labute approximate surface area is 102 Å². The Morgan fingerprint density at radius 2 is 1.06 bits per heavy atom. The summed E-state index contributed by atoms with van der Waals surface area (Å²) < 4.78 is 0. The van der Waals surface area contributed by atoms with Crippen molar-refractivity contribution in [3.05, 3.63) is 0 Å². The van der Waals surface area contributed by atoms with Crippen LogP contribution in [0.15, 0.2) is 0 Å². The van der Waals surface area contributed by atoms with Crippen molar-refractivity contribution < 1.29 is 0 Å². The Morgan fingerprint density at radius 1 is 0.625 bits per heavy atom. The highest BCUT2D eigenvalue weighted by Crippen LogP contribution is 1.98. The molecule has 0 fully saturated rings. The third kappa shape index (κ3) is 10.4. The first-order valence-corrected chi connectivity index (χ1v) is 6.58. The lowest BCUT2D eigenvalue weighted by Crippen LogP contribution is -2.30. The second-order valence-electron chi connectivity index (χ2n) is 5.16. The Hall–Kier alpha value is -0.120. The summed E-state index contributed by atoms with van der Waals surface area (Å²) in [5.74, 6) is 0. The first-order chi connectivity index (χ1) is 7.56. The van der Waals surface area contributed by atoms with Crippen molar-refractivity contribution in [3.8, 4) is 0 Å². The van der Waals surface area contributed by atoms with Crippen molar-refractivity contribution in [2.75, 3.05) is 60.9 Å². The molecule has 0 aromatic carbocycles. The molecule has 3 nitrogen and oxygen atoms in total. The minimum absolute atomic E-state index is 1.20. The minimum atomic E-state index is 1.20. The molecule has 0 saturated carbocycles. The van der Waals surface area contributed by atoms with Gasteiger partial charge in [0.1, 0.15) is 0 Å². The van der Waals surface area contributed by atoms with Gasteiger partial charge in [-0.2, -0.15) is 0 Å². The van der Waals surface area contributed by atoms with Crippen LogP contribution >= 0.6 is 0 Å². The summed E-state index contributed by atoms with van der Waals surface area (Å²) in [5.41, 5.74) is 0. The zero-order chi connectivity index (χ0) is 12.4. The summed E-state index contributed by atoms with van der Waals surface area (Å²) in [5, 5.41) is 0. The molecule has 3 heteroatoms. The Kier molecular flexibility index (Phi) is 9.99. The van der Waals surface area contributed by atoms with Gasteiger partial charge in [0.05, 0.1) is 0 Å². The van der Waals surface area contributed by atoms with Crippen LogP contribution in [0, 0.1) is 0 Å². The molecule has 0 saturated heterocycles. The maximum atomic E-state index is 2.60. The Balaban J connectivity index is 3.61. The first kappa shape index (κ1) is 15.9. The molecule has 0 rings (SSSR count). The maximum Gasteiger partial charge on any atom is -0.000654 e. The third-order valence-corrected chi connectivity index (χ3v) is 2.70. The Morgan fingerprint density at radius 3 is 1.38 bits per heavy atom. The molecule has 0 spiro atoms. The van der Waals surface area contributed by atoms with E-state index >= 15 is 0 Å². The van der Waals surface area contributed by atoms with Crippen LogP contribution in [0.5, 0.6) is 0 Å². The van der Waals surface area contributed by atoms with E-state index in [2.05, 4.69) is 49.8 Å². The Bertz CT molecular complexity index is 132. The SMILES string of the molecule is CCCN(CCCN(C)C)CCCN(C)C. The fraction of sp³-hybridized carbons (Fsp3) is 1.00. The van der Waals surface area contributed by atoms with Gasteiger partial charge in [-0.05, 0) is 80.2 Å². The van der Waals surface area contributed by atoms with E-state index in [1.807, 2.05) is 0 Å². The van der Waals surface area contributed by atoms with Crippen molar-refractivity contribution >= 4 is 0 Å². The van der Waals surface area contributed by atoms with Gasteiger partial charge in [-0.1, -0.05) is 6.92 Å². The molecule has 0 aliphatic heterocycles. The predicted molar refractivity (Wildman–Crippen MR) is 73.1 cm³/mol. The third-order valence-electron chi connectivity index (χ3n) is 2.70. The molecule has 0 bridgehead atoms. The highest BCUT2D eigenvalue weighted by Gasteiger charge is 2.03. The lowest BCUT2D eigenvalue weighted by atomic mass is 10.3. The van der Waals surface area contributed by atoms with E-state index in [4.69, 9.17) is 0 Å². The monoisotopic (exact) mass is 229 g/mol.